The minimum Gasteiger partial charge on any atom is -0.508 e. The topological polar surface area (TPSA) is 187 Å². The molecule has 8 aliphatic rings. The Balaban J connectivity index is 0.947. The molecule has 8 N–H and O–H groups in total. The molecule has 3 aliphatic carbocycles. The van der Waals surface area contributed by atoms with Crippen molar-refractivity contribution in [2.75, 3.05) is 33.2 Å². The van der Waals surface area contributed by atoms with Crippen LogP contribution in [0.1, 0.15) is 146 Å². The van der Waals surface area contributed by atoms with Crippen LogP contribution < -0.4 is 15.4 Å². The molecule has 86 heavy (non-hydrogen) atoms. The molecule has 13 heteroatoms. The summed E-state index contributed by atoms with van der Waals surface area (Å²) < 4.78 is 29.6. The smallest absolute Gasteiger partial charge is 0.168 e. The zero-order valence-corrected chi connectivity index (χ0v) is 49.4. The standard InChI is InChI=1S/C73H83N3O10/c77-29-6-7-30-83-46-74-69-39-51-20-18-47(16-17-48-19-24-65(80)53(32-48)33-49-11-8-13-58(79)34-49)10-9-14-59-40-66(81)52-21-23-60-61(37-52)55(43-78)38-67(82)70(60)85-44-56-36-57(35-54-41-76(42-62(54)56)71(75-69)63(51)45-84-59)73-28-31-86-72(26-4-1-5-27-72)68(73)25-22-50-12-2-3-15-64(50)73/h2-3,8,11-13,15,19,21,23-24,32,34-36,38-39,41-42,47,52,59,66,68-69,74-75,77-82H,1,4-7,9-10,14,16-17,22,25-31,33,37,40,43-46H2. The van der Waals surface area contributed by atoms with Gasteiger partial charge in [-0.25, -0.2) is 0 Å². The molecular weight excluding hydrogens is 1080 g/mol. The minimum atomic E-state index is -0.777. The van der Waals surface area contributed by atoms with Gasteiger partial charge >= 0.3 is 0 Å². The van der Waals surface area contributed by atoms with Crippen LogP contribution in [0.3, 0.4) is 0 Å². The molecule has 5 aliphatic heterocycles. The number of phenols is 3. The van der Waals surface area contributed by atoms with E-state index in [9.17, 15) is 30.6 Å². The van der Waals surface area contributed by atoms with Gasteiger partial charge in [0.2, 0.25) is 0 Å². The van der Waals surface area contributed by atoms with Crippen molar-refractivity contribution in [2.24, 2.45) is 17.8 Å². The number of phenolic OH excluding ortho intramolecular Hbond substituents is 3. The molecule has 2 fully saturated rings. The molecular formula is C73H83N3O10. The van der Waals surface area contributed by atoms with Crippen molar-refractivity contribution < 1.29 is 49.6 Å². The number of aryl methyl sites for hydroxylation is 2. The maximum absolute atomic E-state index is 12.4. The number of rotatable bonds is 14. The molecule has 1 spiro atoms. The van der Waals surface area contributed by atoms with Crippen LogP contribution in [0.25, 0.3) is 22.7 Å². The fourth-order valence-electron chi connectivity index (χ4n) is 15.8. The van der Waals surface area contributed by atoms with Gasteiger partial charge in [0.1, 0.15) is 30.1 Å². The summed E-state index contributed by atoms with van der Waals surface area (Å²) in [5, 5.41) is 75.3. The second-order valence-electron chi connectivity index (χ2n) is 25.4. The van der Waals surface area contributed by atoms with Crippen molar-refractivity contribution in [1.82, 2.24) is 15.2 Å². The Kier molecular flexibility index (Phi) is 17.2. The van der Waals surface area contributed by atoms with Crippen molar-refractivity contribution in [1.29, 1.82) is 0 Å². The molecule has 1 aromatic heterocycles. The van der Waals surface area contributed by atoms with E-state index in [1.54, 1.807) is 24.3 Å². The zero-order valence-electron chi connectivity index (χ0n) is 49.4. The van der Waals surface area contributed by atoms with Crippen LogP contribution in [-0.2, 0) is 58.5 Å². The lowest BCUT2D eigenvalue weighted by molar-refractivity contribution is -0.166. The first-order chi connectivity index (χ1) is 42.1. The Morgan fingerprint density at radius 1 is 0.826 bits per heavy atom. The highest BCUT2D eigenvalue weighted by Crippen LogP contribution is 2.60. The van der Waals surface area contributed by atoms with Gasteiger partial charge in [0.25, 0.3) is 0 Å². The highest BCUT2D eigenvalue weighted by atomic mass is 16.5. The van der Waals surface area contributed by atoms with Gasteiger partial charge in [-0.05, 0) is 170 Å². The lowest BCUT2D eigenvalue weighted by Gasteiger charge is -2.59. The predicted molar refractivity (Wildman–Crippen MR) is 333 cm³/mol. The number of aliphatic hydroxyl groups is 3. The average molecular weight is 1160 g/mol. The van der Waals surface area contributed by atoms with E-state index >= 15 is 0 Å². The molecule has 1 saturated carbocycles. The van der Waals surface area contributed by atoms with Crippen molar-refractivity contribution in [3.8, 4) is 34.8 Å². The lowest BCUT2D eigenvalue weighted by atomic mass is 9.51. The number of benzene rings is 5. The summed E-state index contributed by atoms with van der Waals surface area (Å²) in [5.41, 5.74) is 11.2. The van der Waals surface area contributed by atoms with Crippen LogP contribution in [0.4, 0.5) is 0 Å². The first kappa shape index (κ1) is 58.2. The second-order valence-corrected chi connectivity index (χ2v) is 25.4. The number of aromatic nitrogens is 1. The number of fused-ring (bicyclic) bond motifs is 6. The van der Waals surface area contributed by atoms with E-state index in [1.165, 1.54) is 23.1 Å². The molecule has 6 heterocycles. The van der Waals surface area contributed by atoms with Gasteiger partial charge in [-0.2, -0.15) is 0 Å². The van der Waals surface area contributed by atoms with E-state index in [1.807, 2.05) is 30.4 Å². The third-order valence-electron chi connectivity index (χ3n) is 20.1. The molecule has 7 atom stereocenters. The first-order valence-electron chi connectivity index (χ1n) is 31.8. The normalized spacial score (nSPS) is 25.0. The zero-order chi connectivity index (χ0) is 58.8. The van der Waals surface area contributed by atoms with Crippen molar-refractivity contribution in [2.45, 2.75) is 158 Å². The molecule has 1 saturated heterocycles. The average Bonchev–Trinajstić information content (AvgIpc) is 0.933. The first-order valence-corrected chi connectivity index (χ1v) is 31.8. The number of hydrogen-bond acceptors (Lipinski definition) is 12. The van der Waals surface area contributed by atoms with E-state index in [2.05, 4.69) is 88.0 Å². The summed E-state index contributed by atoms with van der Waals surface area (Å²) in [5.74, 6) is 9.09. The maximum atomic E-state index is 12.4. The number of hydrogen-bond donors (Lipinski definition) is 8. The fraction of sp³-hybridized carbons (Fsp3) is 0.452. The molecule has 8 bridgehead atoms. The summed E-state index contributed by atoms with van der Waals surface area (Å²) in [6, 6.07) is 28.6. The van der Waals surface area contributed by atoms with Crippen molar-refractivity contribution in [3.05, 3.63) is 176 Å². The van der Waals surface area contributed by atoms with Crippen LogP contribution >= 0.6 is 0 Å². The summed E-state index contributed by atoms with van der Waals surface area (Å²) in [6.07, 6.45) is 24.3. The molecule has 13 nitrogen and oxygen atoms in total. The Morgan fingerprint density at radius 2 is 1.72 bits per heavy atom. The predicted octanol–water partition coefficient (Wildman–Crippen LogP) is 11.5. The number of aromatic hydroxyl groups is 3. The Morgan fingerprint density at radius 3 is 2.59 bits per heavy atom. The van der Waals surface area contributed by atoms with Gasteiger partial charge in [-0.1, -0.05) is 97.9 Å². The summed E-state index contributed by atoms with van der Waals surface area (Å²) in [4.78, 5) is 0. The van der Waals surface area contributed by atoms with Crippen molar-refractivity contribution in [3.63, 3.8) is 0 Å². The van der Waals surface area contributed by atoms with Gasteiger partial charge < -0.3 is 59.5 Å². The van der Waals surface area contributed by atoms with Crippen LogP contribution in [0.5, 0.6) is 23.0 Å². The second kappa shape index (κ2) is 25.5. The summed E-state index contributed by atoms with van der Waals surface area (Å²) in [6.45, 7) is 1.67. The monoisotopic (exact) mass is 1160 g/mol. The Labute approximate surface area is 505 Å². The van der Waals surface area contributed by atoms with E-state index in [0.717, 1.165) is 138 Å². The van der Waals surface area contributed by atoms with Gasteiger partial charge in [0.15, 0.2) is 11.5 Å². The molecule has 6 aromatic rings. The molecule has 5 aromatic carbocycles. The van der Waals surface area contributed by atoms with E-state index in [-0.39, 0.29) is 85.3 Å². The third-order valence-corrected chi connectivity index (χ3v) is 20.1. The van der Waals surface area contributed by atoms with E-state index in [4.69, 9.17) is 18.9 Å². The number of nitrogens with zero attached hydrogens (tertiary/aromatic N) is 1. The molecule has 0 amide bonds. The minimum absolute atomic E-state index is 0.00634. The lowest BCUT2D eigenvalue weighted by Crippen LogP contribution is -2.59. The highest BCUT2D eigenvalue weighted by molar-refractivity contribution is 5.89. The number of unbranched alkanes of at least 4 members (excludes halogenated alkanes) is 1. The van der Waals surface area contributed by atoms with Crippen LogP contribution in [-0.4, -0.2) is 92.3 Å². The quantitative estimate of drug-likeness (QED) is 0.0293. The van der Waals surface area contributed by atoms with E-state index < -0.39 is 12.3 Å². The number of aliphatic hydroxyl groups excluding tert-OH is 3. The van der Waals surface area contributed by atoms with Gasteiger partial charge in [-0.3, -0.25) is 5.32 Å². The number of ether oxygens (including phenoxy) is 4. The molecule has 14 rings (SSSR count). The fourth-order valence-corrected chi connectivity index (χ4v) is 15.8. The maximum Gasteiger partial charge on any atom is 0.168 e. The van der Waals surface area contributed by atoms with Gasteiger partial charge in [0, 0.05) is 95.7 Å². The molecule has 450 valence electrons. The Bertz CT molecular complexity index is 3610. The summed E-state index contributed by atoms with van der Waals surface area (Å²) in [7, 11) is 0. The summed E-state index contributed by atoms with van der Waals surface area (Å²) >= 11 is 0. The van der Waals surface area contributed by atoms with Crippen LogP contribution in [0.15, 0.2) is 121 Å². The third kappa shape index (κ3) is 11.7. The van der Waals surface area contributed by atoms with Gasteiger partial charge in [-0.15, -0.1) is 0 Å². The molecule has 7 unspecified atom stereocenters. The number of nitrogens with one attached hydrogen (secondary N) is 2. The van der Waals surface area contributed by atoms with Crippen LogP contribution in [0.2, 0.25) is 0 Å². The largest absolute Gasteiger partial charge is 0.508 e. The number of dihydropyridines is 1. The Hall–Kier alpha value is -6.86. The van der Waals surface area contributed by atoms with Crippen molar-refractivity contribution >= 4 is 22.7 Å². The van der Waals surface area contributed by atoms with Gasteiger partial charge in [0.05, 0.1) is 37.8 Å². The van der Waals surface area contributed by atoms with Crippen LogP contribution in [0, 0.1) is 29.6 Å². The SMILES string of the molecule is OCCCCOCNC1C=C2C#CC(CCc3ccc(O)c(Cc4cccc(O)c4)c3)CCCC3CC(O)C4C=Cc5c(c(CO)cc(O)c5OCc5cc(C67CCOC8(CCCCC8)C6CCc6ccccc67)cc6cn(cc56)C(=C2CO3)N1)C4. The molecule has 0 radical (unpaired) electrons. The van der Waals surface area contributed by atoms with E-state index in [0.29, 0.717) is 56.6 Å². The highest BCUT2D eigenvalue weighted by Gasteiger charge is 2.58.